The van der Waals surface area contributed by atoms with Crippen molar-refractivity contribution in [2.45, 2.75) is 6.92 Å². The number of aromatic nitrogens is 2. The molecule has 0 saturated heterocycles. The molecule has 2 aromatic carbocycles. The number of rotatable bonds is 5. The molecule has 3 rings (SSSR count). The molecule has 26 heavy (non-hydrogen) atoms. The van der Waals surface area contributed by atoms with Crippen molar-refractivity contribution in [2.75, 3.05) is 17.7 Å². The van der Waals surface area contributed by atoms with E-state index in [1.54, 1.807) is 30.3 Å². The molecule has 0 aliphatic heterocycles. The highest BCUT2D eigenvalue weighted by Crippen LogP contribution is 2.24. The summed E-state index contributed by atoms with van der Waals surface area (Å²) in [6, 6.07) is 14.3. The molecule has 0 spiro atoms. The molecule has 1 aromatic heterocycles. The van der Waals surface area contributed by atoms with Crippen LogP contribution in [0.5, 0.6) is 0 Å². The Balaban J connectivity index is 1.75. The van der Waals surface area contributed by atoms with Crippen LogP contribution in [0.3, 0.4) is 0 Å². The van der Waals surface area contributed by atoms with Gasteiger partial charge in [-0.3, -0.25) is 0 Å². The predicted molar refractivity (Wildman–Crippen MR) is 103 cm³/mol. The molecule has 0 atom stereocenters. The fourth-order valence-electron chi connectivity index (χ4n) is 2.32. The molecule has 6 nitrogen and oxygen atoms in total. The van der Waals surface area contributed by atoms with Crippen molar-refractivity contribution >= 4 is 40.6 Å². The van der Waals surface area contributed by atoms with Gasteiger partial charge in [-0.05, 0) is 48.9 Å². The fourth-order valence-corrected chi connectivity index (χ4v) is 2.49. The third kappa shape index (κ3) is 4.29. The van der Waals surface area contributed by atoms with Crippen molar-refractivity contribution in [3.63, 3.8) is 0 Å². The van der Waals surface area contributed by atoms with Gasteiger partial charge < -0.3 is 15.4 Å². The van der Waals surface area contributed by atoms with E-state index in [0.717, 1.165) is 16.9 Å². The van der Waals surface area contributed by atoms with Gasteiger partial charge in [0.1, 0.15) is 18.0 Å². The summed E-state index contributed by atoms with van der Waals surface area (Å²) < 4.78 is 4.69. The summed E-state index contributed by atoms with van der Waals surface area (Å²) in [6.45, 7) is 1.99. The van der Waals surface area contributed by atoms with Crippen LogP contribution in [0.15, 0.2) is 54.9 Å². The lowest BCUT2D eigenvalue weighted by Gasteiger charge is -2.11. The van der Waals surface area contributed by atoms with Gasteiger partial charge in [0.15, 0.2) is 0 Å². The number of anilines is 4. The summed E-state index contributed by atoms with van der Waals surface area (Å²) in [4.78, 5) is 19.9. The molecule has 1 heterocycles. The highest BCUT2D eigenvalue weighted by atomic mass is 35.5. The summed E-state index contributed by atoms with van der Waals surface area (Å²) in [5, 5.41) is 7.05. The molecule has 0 amide bonds. The highest BCUT2D eigenvalue weighted by molar-refractivity contribution is 6.30. The van der Waals surface area contributed by atoms with E-state index >= 15 is 0 Å². The Labute approximate surface area is 156 Å². The molecule has 0 aliphatic carbocycles. The van der Waals surface area contributed by atoms with Crippen LogP contribution in [0.1, 0.15) is 15.9 Å². The van der Waals surface area contributed by atoms with Gasteiger partial charge in [0.25, 0.3) is 0 Å². The van der Waals surface area contributed by atoms with Crippen molar-refractivity contribution in [2.24, 2.45) is 0 Å². The van der Waals surface area contributed by atoms with Gasteiger partial charge in [-0.25, -0.2) is 14.8 Å². The largest absolute Gasteiger partial charge is 0.465 e. The molecular formula is C19H17ClN4O2. The average molecular weight is 369 g/mol. The summed E-state index contributed by atoms with van der Waals surface area (Å²) in [6.07, 6.45) is 1.47. The molecule has 0 bridgehead atoms. The smallest absolute Gasteiger partial charge is 0.337 e. The Morgan fingerprint density at radius 1 is 1.00 bits per heavy atom. The molecule has 0 fully saturated rings. The summed E-state index contributed by atoms with van der Waals surface area (Å²) in [5.74, 6) is 0.883. The Bertz CT molecular complexity index is 929. The maximum atomic E-state index is 11.5. The van der Waals surface area contributed by atoms with E-state index in [2.05, 4.69) is 25.3 Å². The zero-order chi connectivity index (χ0) is 18.5. The second-order valence-corrected chi connectivity index (χ2v) is 6.00. The Morgan fingerprint density at radius 3 is 2.38 bits per heavy atom. The fraction of sp³-hybridized carbons (Fsp3) is 0.105. The third-order valence-electron chi connectivity index (χ3n) is 3.71. The zero-order valence-corrected chi connectivity index (χ0v) is 15.0. The van der Waals surface area contributed by atoms with E-state index in [4.69, 9.17) is 11.6 Å². The van der Waals surface area contributed by atoms with Crippen molar-refractivity contribution in [1.29, 1.82) is 0 Å². The number of hydrogen-bond donors (Lipinski definition) is 2. The topological polar surface area (TPSA) is 76.1 Å². The number of hydrogen-bond acceptors (Lipinski definition) is 6. The normalized spacial score (nSPS) is 10.3. The summed E-state index contributed by atoms with van der Waals surface area (Å²) >= 11 is 6.05. The number of aryl methyl sites for hydroxylation is 1. The van der Waals surface area contributed by atoms with Crippen LogP contribution in [-0.2, 0) is 4.74 Å². The number of ether oxygens (including phenoxy) is 1. The molecule has 132 valence electrons. The zero-order valence-electron chi connectivity index (χ0n) is 14.3. The van der Waals surface area contributed by atoms with Gasteiger partial charge in [0.2, 0.25) is 0 Å². The molecular weight excluding hydrogens is 352 g/mol. The second kappa shape index (κ2) is 7.84. The number of carbonyl (C=O) groups is 1. The molecule has 0 aliphatic rings. The van der Waals surface area contributed by atoms with Gasteiger partial charge in [-0.1, -0.05) is 17.7 Å². The maximum absolute atomic E-state index is 11.5. The van der Waals surface area contributed by atoms with Crippen LogP contribution in [-0.4, -0.2) is 23.0 Å². The lowest BCUT2D eigenvalue weighted by Crippen LogP contribution is -2.02. The Kier molecular flexibility index (Phi) is 5.34. The first-order valence-corrected chi connectivity index (χ1v) is 8.23. The quantitative estimate of drug-likeness (QED) is 0.635. The minimum Gasteiger partial charge on any atom is -0.465 e. The first-order valence-electron chi connectivity index (χ1n) is 7.86. The van der Waals surface area contributed by atoms with Crippen LogP contribution in [0.25, 0.3) is 0 Å². The van der Waals surface area contributed by atoms with Crippen molar-refractivity contribution in [1.82, 2.24) is 9.97 Å². The lowest BCUT2D eigenvalue weighted by molar-refractivity contribution is 0.0601. The first kappa shape index (κ1) is 17.7. The van der Waals surface area contributed by atoms with Gasteiger partial charge >= 0.3 is 5.97 Å². The summed E-state index contributed by atoms with van der Waals surface area (Å²) in [7, 11) is 1.35. The molecule has 0 saturated carbocycles. The van der Waals surface area contributed by atoms with Crippen LogP contribution >= 0.6 is 11.6 Å². The van der Waals surface area contributed by atoms with E-state index in [0.29, 0.717) is 22.2 Å². The monoisotopic (exact) mass is 368 g/mol. The minimum atomic E-state index is -0.373. The molecule has 0 radical (unpaired) electrons. The van der Waals surface area contributed by atoms with Crippen molar-refractivity contribution in [3.05, 3.63) is 71.0 Å². The number of benzene rings is 2. The van der Waals surface area contributed by atoms with Gasteiger partial charge in [0, 0.05) is 22.5 Å². The third-order valence-corrected chi connectivity index (χ3v) is 3.94. The van der Waals surface area contributed by atoms with E-state index in [1.165, 1.54) is 13.4 Å². The number of nitrogens with one attached hydrogen (secondary N) is 2. The van der Waals surface area contributed by atoms with Crippen LogP contribution < -0.4 is 10.6 Å². The number of nitrogens with zero attached hydrogens (tertiary/aromatic N) is 2. The van der Waals surface area contributed by atoms with E-state index in [-0.39, 0.29) is 5.97 Å². The van der Waals surface area contributed by atoms with Crippen LogP contribution in [0.4, 0.5) is 23.0 Å². The highest BCUT2D eigenvalue weighted by Gasteiger charge is 2.06. The van der Waals surface area contributed by atoms with Gasteiger partial charge in [0.05, 0.1) is 12.7 Å². The number of carbonyl (C=O) groups excluding carboxylic acids is 1. The van der Waals surface area contributed by atoms with Crippen molar-refractivity contribution < 1.29 is 9.53 Å². The number of halogens is 1. The lowest BCUT2D eigenvalue weighted by atomic mass is 10.2. The Hall–Kier alpha value is -3.12. The average Bonchev–Trinajstić information content (AvgIpc) is 2.65. The molecule has 0 unspecified atom stereocenters. The SMILES string of the molecule is COC(=O)c1ccc(Nc2cc(Nc3cc(Cl)ccc3C)ncn2)cc1. The van der Waals surface area contributed by atoms with E-state index in [1.807, 2.05) is 25.1 Å². The van der Waals surface area contributed by atoms with Crippen LogP contribution in [0.2, 0.25) is 5.02 Å². The van der Waals surface area contributed by atoms with Crippen molar-refractivity contribution in [3.8, 4) is 0 Å². The maximum Gasteiger partial charge on any atom is 0.337 e. The number of methoxy groups -OCH3 is 1. The van der Waals surface area contributed by atoms with E-state index < -0.39 is 0 Å². The molecule has 7 heteroatoms. The summed E-state index contributed by atoms with van der Waals surface area (Å²) in [5.41, 5.74) is 3.21. The standard InChI is InChI=1S/C19H17ClN4O2/c1-12-3-6-14(20)9-16(12)24-18-10-17(21-11-22-18)23-15-7-4-13(5-8-15)19(25)26-2/h3-11H,1-2H3,(H2,21,22,23,24). The molecule has 2 N–H and O–H groups in total. The minimum absolute atomic E-state index is 0.373. The predicted octanol–water partition coefficient (Wildman–Crippen LogP) is 4.71. The van der Waals surface area contributed by atoms with E-state index in [9.17, 15) is 4.79 Å². The van der Waals surface area contributed by atoms with Crippen LogP contribution in [0, 0.1) is 6.92 Å². The first-order chi connectivity index (χ1) is 12.5. The molecule has 3 aromatic rings. The second-order valence-electron chi connectivity index (χ2n) is 5.57. The Morgan fingerprint density at radius 2 is 1.69 bits per heavy atom. The number of esters is 1. The van der Waals surface area contributed by atoms with Gasteiger partial charge in [-0.15, -0.1) is 0 Å². The van der Waals surface area contributed by atoms with Gasteiger partial charge in [-0.2, -0.15) is 0 Å².